The van der Waals surface area contributed by atoms with Crippen LogP contribution in [0.1, 0.15) is 188 Å². The van der Waals surface area contributed by atoms with Crippen molar-refractivity contribution in [3.63, 3.8) is 0 Å². The number of hydroxylamine groups is 1. The maximum atomic E-state index is 12.3. The molecule has 5 nitrogen and oxygen atoms in total. The molecule has 7 heteroatoms. The molecule has 1 aliphatic rings. The van der Waals surface area contributed by atoms with Crippen LogP contribution in [0.2, 0.25) is 6.04 Å². The van der Waals surface area contributed by atoms with Gasteiger partial charge in [0, 0.05) is 38.0 Å². The minimum atomic E-state index is -2.73. The number of hydrogen-bond acceptors (Lipinski definition) is 6. The number of unbranched alkanes of at least 4 members (excludes halogenated alkanes) is 20. The summed E-state index contributed by atoms with van der Waals surface area (Å²) >= 11 is 1.49. The molecule has 0 saturated carbocycles. The Morgan fingerprint density at radius 2 is 1.23 bits per heavy atom. The normalized spacial score (nSPS) is 19.4. The molecule has 1 aliphatic heterocycles. The fraction of sp³-hybridized carbons (Fsp3) is 0.972. The highest BCUT2D eigenvalue weighted by Gasteiger charge is 2.42. The van der Waals surface area contributed by atoms with Crippen LogP contribution in [0.4, 0.5) is 0 Å². The third-order valence-electron chi connectivity index (χ3n) is 8.90. The summed E-state index contributed by atoms with van der Waals surface area (Å²) in [6.45, 7) is 8.78. The summed E-state index contributed by atoms with van der Waals surface area (Å²) in [6, 6.07) is 0.773. The highest BCUT2D eigenvalue weighted by Crippen LogP contribution is 2.24. The number of hydrogen-bond donors (Lipinski definition) is 1. The lowest BCUT2D eigenvalue weighted by atomic mass is 9.97. The van der Waals surface area contributed by atoms with Crippen LogP contribution in [0, 0.1) is 5.92 Å². The Labute approximate surface area is 273 Å². The maximum absolute atomic E-state index is 12.3. The third-order valence-corrected chi connectivity index (χ3v) is 12.7. The minimum Gasteiger partial charge on any atom is -0.373 e. The Hall–Kier alpha value is 0.0769. The second-order valence-corrected chi connectivity index (χ2v) is 16.8. The highest BCUT2D eigenvalue weighted by atomic mass is 32.2. The van der Waals surface area contributed by atoms with E-state index in [1.54, 1.807) is 0 Å². The first-order chi connectivity index (χ1) is 21.2. The monoisotopic (exact) mass is 644 g/mol. The Kier molecular flexibility index (Phi) is 29.4. The predicted octanol–water partition coefficient (Wildman–Crippen LogP) is 11.6. The molecule has 1 fully saturated rings. The summed E-state index contributed by atoms with van der Waals surface area (Å²) < 4.78 is 18.6. The average molecular weight is 644 g/mol. The van der Waals surface area contributed by atoms with Crippen molar-refractivity contribution in [2.45, 2.75) is 194 Å². The molecule has 2 atom stereocenters. The zero-order valence-corrected chi connectivity index (χ0v) is 30.9. The first-order valence-corrected chi connectivity index (χ1v) is 21.9. The van der Waals surface area contributed by atoms with Gasteiger partial charge in [0.25, 0.3) is 0 Å². The molecule has 0 radical (unpaired) electrons. The number of carbonyl (C=O) groups excluding carboxylic acids is 1. The van der Waals surface area contributed by atoms with Crippen molar-refractivity contribution in [3.8, 4) is 0 Å². The summed E-state index contributed by atoms with van der Waals surface area (Å²) in [5, 5.41) is 0.337. The third kappa shape index (κ3) is 24.9. The van der Waals surface area contributed by atoms with Gasteiger partial charge in [-0.05, 0) is 38.5 Å². The van der Waals surface area contributed by atoms with Gasteiger partial charge in [0.05, 0.1) is 0 Å². The highest BCUT2D eigenvalue weighted by molar-refractivity contribution is 8.13. The lowest BCUT2D eigenvalue weighted by Gasteiger charge is -2.33. The lowest BCUT2D eigenvalue weighted by Crippen LogP contribution is -2.52. The van der Waals surface area contributed by atoms with Crippen LogP contribution < -0.4 is 5.48 Å². The van der Waals surface area contributed by atoms with Crippen molar-refractivity contribution in [2.75, 3.05) is 25.5 Å². The number of nitrogens with one attached hydrogen (secondary N) is 1. The molecule has 0 aromatic heterocycles. The number of thioether (sulfide) groups is 1. The van der Waals surface area contributed by atoms with E-state index in [1.165, 1.54) is 153 Å². The Morgan fingerprint density at radius 3 is 1.77 bits per heavy atom. The molecule has 0 amide bonds. The van der Waals surface area contributed by atoms with Gasteiger partial charge < -0.3 is 8.85 Å². The van der Waals surface area contributed by atoms with Crippen molar-refractivity contribution in [3.05, 3.63) is 0 Å². The van der Waals surface area contributed by atoms with E-state index in [1.807, 2.05) is 6.92 Å². The summed E-state index contributed by atoms with van der Waals surface area (Å²) in [5.41, 5.74) is 3.26. The SMILES string of the molecule is CCCCCCCCCCCCCCCC1CCO[Si](CCCSC(=O)CCCCCCCCCCC)(OCC)ONC1. The fourth-order valence-electron chi connectivity index (χ4n) is 6.09. The van der Waals surface area contributed by atoms with Gasteiger partial charge in [-0.25, -0.2) is 5.48 Å². The van der Waals surface area contributed by atoms with Crippen molar-refractivity contribution in [1.82, 2.24) is 5.48 Å². The second-order valence-electron chi connectivity index (χ2n) is 13.0. The molecule has 43 heavy (non-hydrogen) atoms. The van der Waals surface area contributed by atoms with E-state index >= 15 is 0 Å². The fourth-order valence-corrected chi connectivity index (χ4v) is 9.53. The van der Waals surface area contributed by atoms with Crippen molar-refractivity contribution in [2.24, 2.45) is 5.92 Å². The van der Waals surface area contributed by atoms with E-state index in [0.29, 0.717) is 24.1 Å². The molecule has 2 unspecified atom stereocenters. The molecule has 1 saturated heterocycles. The number of carbonyl (C=O) groups is 1. The van der Waals surface area contributed by atoms with Crippen LogP contribution in [-0.4, -0.2) is 39.4 Å². The summed E-state index contributed by atoms with van der Waals surface area (Å²) in [6.07, 6.45) is 33.8. The number of rotatable bonds is 30. The van der Waals surface area contributed by atoms with Gasteiger partial charge in [0.15, 0.2) is 5.12 Å². The lowest BCUT2D eigenvalue weighted by molar-refractivity contribution is -0.111. The van der Waals surface area contributed by atoms with Gasteiger partial charge in [-0.3, -0.25) is 9.32 Å². The smallest absolute Gasteiger partial charge is 0.373 e. The van der Waals surface area contributed by atoms with E-state index in [9.17, 15) is 4.79 Å². The summed E-state index contributed by atoms with van der Waals surface area (Å²) in [7, 11) is -2.73. The minimum absolute atomic E-state index is 0.337. The summed E-state index contributed by atoms with van der Waals surface area (Å²) in [4.78, 5) is 12.3. The Balaban J connectivity index is 2.07. The molecule has 0 aromatic carbocycles. The standard InChI is InChI=1S/C36H73NO4SSi/c1-4-7-9-11-13-15-16-17-18-20-21-23-25-28-35-30-31-40-43(39-6-3,41-37-34-35)33-27-32-42-36(38)29-26-24-22-19-14-12-10-8-5-2/h35,37H,4-34H2,1-3H3. The summed E-state index contributed by atoms with van der Waals surface area (Å²) in [5.74, 6) is 1.43. The topological polar surface area (TPSA) is 56.8 Å². The molecule has 1 heterocycles. The van der Waals surface area contributed by atoms with Crippen LogP contribution in [0.3, 0.4) is 0 Å². The van der Waals surface area contributed by atoms with Crippen LogP contribution in [-0.2, 0) is 18.2 Å². The average Bonchev–Trinajstić information content (AvgIpc) is 2.99. The first kappa shape index (κ1) is 41.1. The second kappa shape index (κ2) is 30.7. The molecule has 0 aliphatic carbocycles. The Morgan fingerprint density at radius 1 is 0.721 bits per heavy atom. The van der Waals surface area contributed by atoms with Crippen LogP contribution in [0.15, 0.2) is 0 Å². The molecule has 0 bridgehead atoms. The van der Waals surface area contributed by atoms with Crippen molar-refractivity contribution >= 4 is 25.7 Å². The zero-order chi connectivity index (χ0) is 31.1. The Bertz CT molecular complexity index is 602. The zero-order valence-electron chi connectivity index (χ0n) is 29.0. The molecule has 0 aromatic rings. The molecular weight excluding hydrogens is 571 g/mol. The van der Waals surface area contributed by atoms with Gasteiger partial charge in [-0.1, -0.05) is 160 Å². The van der Waals surface area contributed by atoms with Crippen molar-refractivity contribution in [1.29, 1.82) is 0 Å². The van der Waals surface area contributed by atoms with E-state index < -0.39 is 8.80 Å². The van der Waals surface area contributed by atoms with Gasteiger partial charge >= 0.3 is 8.80 Å². The maximum Gasteiger partial charge on any atom is 0.517 e. The largest absolute Gasteiger partial charge is 0.517 e. The predicted molar refractivity (Wildman–Crippen MR) is 190 cm³/mol. The van der Waals surface area contributed by atoms with Gasteiger partial charge in [-0.15, -0.1) is 0 Å². The van der Waals surface area contributed by atoms with Gasteiger partial charge in [0.2, 0.25) is 0 Å². The van der Waals surface area contributed by atoms with Crippen LogP contribution >= 0.6 is 11.8 Å². The molecule has 256 valence electrons. The van der Waals surface area contributed by atoms with Crippen LogP contribution in [0.5, 0.6) is 0 Å². The first-order valence-electron chi connectivity index (χ1n) is 19.0. The van der Waals surface area contributed by atoms with Crippen LogP contribution in [0.25, 0.3) is 0 Å². The molecule has 1 rings (SSSR count). The molecule has 0 spiro atoms. The van der Waals surface area contributed by atoms with Gasteiger partial charge in [-0.2, -0.15) is 0 Å². The molecule has 1 N–H and O–H groups in total. The van der Waals surface area contributed by atoms with E-state index in [4.69, 9.17) is 13.4 Å². The molecular formula is C36H73NO4SSi. The quantitative estimate of drug-likeness (QED) is 0.0621. The van der Waals surface area contributed by atoms with E-state index in [-0.39, 0.29) is 0 Å². The van der Waals surface area contributed by atoms with E-state index in [0.717, 1.165) is 44.2 Å². The van der Waals surface area contributed by atoms with Gasteiger partial charge in [0.1, 0.15) is 0 Å². The van der Waals surface area contributed by atoms with Crippen molar-refractivity contribution < 1.29 is 18.2 Å². The van der Waals surface area contributed by atoms with E-state index in [2.05, 4.69) is 19.3 Å².